The fourth-order valence-electron chi connectivity index (χ4n) is 1.19. The molecule has 0 bridgehead atoms. The van der Waals surface area contributed by atoms with E-state index in [1.165, 1.54) is 0 Å². The molecule has 16 heavy (non-hydrogen) atoms. The summed E-state index contributed by atoms with van der Waals surface area (Å²) < 4.78 is 4.81. The molecule has 0 aromatic carbocycles. The third kappa shape index (κ3) is 4.87. The Morgan fingerprint density at radius 3 is 2.50 bits per heavy atom. The van der Waals surface area contributed by atoms with Crippen molar-refractivity contribution in [3.63, 3.8) is 0 Å². The predicted octanol–water partition coefficient (Wildman–Crippen LogP) is 1.99. The number of esters is 1. The second-order valence-electron chi connectivity index (χ2n) is 3.42. The first kappa shape index (κ1) is 14.6. The molecule has 0 aliphatic rings. The molecule has 4 heteroatoms. The van der Waals surface area contributed by atoms with Crippen LogP contribution >= 0.6 is 0 Å². The van der Waals surface area contributed by atoms with Crippen molar-refractivity contribution in [2.24, 2.45) is 5.73 Å². The van der Waals surface area contributed by atoms with Gasteiger partial charge < -0.3 is 15.4 Å². The van der Waals surface area contributed by atoms with Gasteiger partial charge in [-0.3, -0.25) is 0 Å². The normalized spacial score (nSPS) is 11.1. The van der Waals surface area contributed by atoms with Crippen LogP contribution in [0.25, 0.3) is 0 Å². The zero-order valence-electron chi connectivity index (χ0n) is 10.5. The highest BCUT2D eigenvalue weighted by Crippen LogP contribution is 2.09. The maximum Gasteiger partial charge on any atom is 0.355 e. The largest absolute Gasteiger partial charge is 0.461 e. The van der Waals surface area contributed by atoms with E-state index < -0.39 is 5.97 Å². The Labute approximate surface area is 97.7 Å². The zero-order valence-corrected chi connectivity index (χ0v) is 10.5. The van der Waals surface area contributed by atoms with E-state index in [4.69, 9.17) is 10.5 Å². The molecule has 0 aliphatic carbocycles. The van der Waals surface area contributed by atoms with Crippen molar-refractivity contribution in [1.29, 1.82) is 0 Å². The molecule has 0 saturated carbocycles. The van der Waals surface area contributed by atoms with Crippen LogP contribution < -0.4 is 5.73 Å². The first-order chi connectivity index (χ1) is 7.56. The highest BCUT2D eigenvalue weighted by atomic mass is 16.5. The topological polar surface area (TPSA) is 55.6 Å². The number of carbonyl (C=O) groups excluding carboxylic acids is 1. The van der Waals surface area contributed by atoms with Crippen LogP contribution in [0.15, 0.2) is 24.2 Å². The second kappa shape index (κ2) is 7.79. The van der Waals surface area contributed by atoms with Crippen molar-refractivity contribution in [2.45, 2.75) is 33.6 Å². The van der Waals surface area contributed by atoms with Crippen LogP contribution in [0.4, 0.5) is 0 Å². The minimum absolute atomic E-state index is 0.116. The van der Waals surface area contributed by atoms with Crippen LogP contribution in [0.5, 0.6) is 0 Å². The summed E-state index contributed by atoms with van der Waals surface area (Å²) in [5.41, 5.74) is 6.69. The number of ether oxygens (including phenoxy) is 1. The summed E-state index contributed by atoms with van der Waals surface area (Å²) >= 11 is 0. The van der Waals surface area contributed by atoms with Crippen LogP contribution in [-0.2, 0) is 9.53 Å². The molecule has 0 atom stereocenters. The molecule has 0 spiro atoms. The molecule has 0 unspecified atom stereocenters. The first-order valence-electron chi connectivity index (χ1n) is 5.65. The molecular formula is C12H22N2O2. The first-order valence-corrected chi connectivity index (χ1v) is 5.65. The molecule has 0 heterocycles. The second-order valence-corrected chi connectivity index (χ2v) is 3.42. The van der Waals surface area contributed by atoms with Gasteiger partial charge in [0.15, 0.2) is 0 Å². The summed E-state index contributed by atoms with van der Waals surface area (Å²) in [5.74, 6) is -0.479. The Balaban J connectivity index is 4.62. The summed E-state index contributed by atoms with van der Waals surface area (Å²) in [6.07, 6.45) is 3.39. The molecule has 0 rings (SSSR count). The van der Waals surface area contributed by atoms with Crippen molar-refractivity contribution in [2.75, 3.05) is 13.2 Å². The number of carbonyl (C=O) groups is 1. The third-order valence-corrected chi connectivity index (χ3v) is 2.08. The van der Waals surface area contributed by atoms with Crippen molar-refractivity contribution in [3.05, 3.63) is 24.2 Å². The van der Waals surface area contributed by atoms with E-state index in [-0.39, 0.29) is 5.70 Å². The molecule has 0 amide bonds. The number of hydrogen-bond donors (Lipinski definition) is 1. The van der Waals surface area contributed by atoms with Crippen molar-refractivity contribution in [1.82, 2.24) is 4.90 Å². The monoisotopic (exact) mass is 226 g/mol. The zero-order chi connectivity index (χ0) is 12.6. The molecular weight excluding hydrogens is 204 g/mol. The van der Waals surface area contributed by atoms with Crippen molar-refractivity contribution >= 4 is 5.97 Å². The smallest absolute Gasteiger partial charge is 0.355 e. The molecule has 0 aromatic heterocycles. The van der Waals surface area contributed by atoms with Crippen LogP contribution in [-0.4, -0.2) is 24.0 Å². The minimum Gasteiger partial charge on any atom is -0.461 e. The molecule has 4 nitrogen and oxygen atoms in total. The SMILES string of the molecule is C=C(CC)N(/C=C(\N)C(=O)OCC)CCC. The number of hydrogen-bond acceptors (Lipinski definition) is 4. The Morgan fingerprint density at radius 2 is 2.06 bits per heavy atom. The average Bonchev–Trinajstić information content (AvgIpc) is 2.27. The lowest BCUT2D eigenvalue weighted by Gasteiger charge is -2.21. The number of allylic oxidation sites excluding steroid dienone is 1. The van der Waals surface area contributed by atoms with Crippen molar-refractivity contribution < 1.29 is 9.53 Å². The van der Waals surface area contributed by atoms with E-state index in [0.717, 1.165) is 25.1 Å². The third-order valence-electron chi connectivity index (χ3n) is 2.08. The Morgan fingerprint density at radius 1 is 1.44 bits per heavy atom. The fraction of sp³-hybridized carbons (Fsp3) is 0.583. The average molecular weight is 226 g/mol. The number of rotatable bonds is 7. The van der Waals surface area contributed by atoms with Gasteiger partial charge in [0.2, 0.25) is 0 Å². The number of nitrogens with two attached hydrogens (primary N) is 1. The van der Waals surface area contributed by atoms with Crippen LogP contribution in [0, 0.1) is 0 Å². The molecule has 2 N–H and O–H groups in total. The van der Waals surface area contributed by atoms with Gasteiger partial charge in [-0.15, -0.1) is 0 Å². The van der Waals surface area contributed by atoms with Crippen LogP contribution in [0.3, 0.4) is 0 Å². The summed E-state index contributed by atoms with van der Waals surface area (Å²) in [4.78, 5) is 13.2. The van der Waals surface area contributed by atoms with Gasteiger partial charge in [0, 0.05) is 18.4 Å². The quantitative estimate of drug-likeness (QED) is 0.533. The maximum absolute atomic E-state index is 11.3. The minimum atomic E-state index is -0.479. The van der Waals surface area contributed by atoms with Gasteiger partial charge in [-0.2, -0.15) is 0 Å². The van der Waals surface area contributed by atoms with Crippen LogP contribution in [0.2, 0.25) is 0 Å². The van der Waals surface area contributed by atoms with Crippen molar-refractivity contribution in [3.8, 4) is 0 Å². The highest BCUT2D eigenvalue weighted by molar-refractivity contribution is 5.87. The Bertz CT molecular complexity index is 272. The molecule has 0 aliphatic heterocycles. The van der Waals surface area contributed by atoms with E-state index >= 15 is 0 Å². The number of nitrogens with zero attached hydrogens (tertiary/aromatic N) is 1. The predicted molar refractivity (Wildman–Crippen MR) is 65.3 cm³/mol. The summed E-state index contributed by atoms with van der Waals surface area (Å²) in [6.45, 7) is 10.9. The van der Waals surface area contributed by atoms with E-state index in [1.807, 2.05) is 11.8 Å². The Hall–Kier alpha value is -1.45. The standard InChI is InChI=1S/C12H22N2O2/c1-5-8-14(10(4)6-2)9-11(13)12(15)16-7-3/h9H,4-8,13H2,1-3H3/b11-9-. The van der Waals surface area contributed by atoms with E-state index in [1.54, 1.807) is 13.1 Å². The molecule has 0 aromatic rings. The molecule has 0 fully saturated rings. The Kier molecular flexibility index (Phi) is 7.09. The molecule has 0 radical (unpaired) electrons. The van der Waals surface area contributed by atoms with Gasteiger partial charge >= 0.3 is 5.97 Å². The lowest BCUT2D eigenvalue weighted by molar-refractivity contribution is -0.138. The van der Waals surface area contributed by atoms with E-state index in [2.05, 4.69) is 13.5 Å². The fourth-order valence-corrected chi connectivity index (χ4v) is 1.19. The van der Waals surface area contributed by atoms with Crippen LogP contribution in [0.1, 0.15) is 33.6 Å². The van der Waals surface area contributed by atoms with Gasteiger partial charge in [0.1, 0.15) is 5.70 Å². The van der Waals surface area contributed by atoms with E-state index in [9.17, 15) is 4.79 Å². The van der Waals surface area contributed by atoms with Gasteiger partial charge in [0.25, 0.3) is 0 Å². The molecule has 0 saturated heterocycles. The van der Waals surface area contributed by atoms with Gasteiger partial charge in [-0.25, -0.2) is 4.79 Å². The van der Waals surface area contributed by atoms with Gasteiger partial charge in [-0.05, 0) is 19.8 Å². The van der Waals surface area contributed by atoms with Gasteiger partial charge in [0.05, 0.1) is 6.61 Å². The summed E-state index contributed by atoms with van der Waals surface area (Å²) in [6, 6.07) is 0. The summed E-state index contributed by atoms with van der Waals surface area (Å²) in [5, 5.41) is 0. The summed E-state index contributed by atoms with van der Waals surface area (Å²) in [7, 11) is 0. The highest BCUT2D eigenvalue weighted by Gasteiger charge is 2.09. The van der Waals surface area contributed by atoms with Gasteiger partial charge in [-0.1, -0.05) is 20.4 Å². The lowest BCUT2D eigenvalue weighted by atomic mass is 10.3. The maximum atomic E-state index is 11.3. The lowest BCUT2D eigenvalue weighted by Crippen LogP contribution is -2.23. The molecule has 92 valence electrons. The van der Waals surface area contributed by atoms with E-state index in [0.29, 0.717) is 6.61 Å².